The summed E-state index contributed by atoms with van der Waals surface area (Å²) in [5.74, 6) is -2.08. The van der Waals surface area contributed by atoms with Crippen LogP contribution in [-0.2, 0) is 32.7 Å². The van der Waals surface area contributed by atoms with Gasteiger partial charge in [0, 0.05) is 24.3 Å². The molecule has 0 bridgehead atoms. The van der Waals surface area contributed by atoms with Crippen LogP contribution in [0.25, 0.3) is 16.9 Å². The predicted octanol–water partition coefficient (Wildman–Crippen LogP) is 4.95. The van der Waals surface area contributed by atoms with Crippen LogP contribution < -0.4 is 0 Å². The fourth-order valence-electron chi connectivity index (χ4n) is 3.03. The molecule has 0 fully saturated rings. The van der Waals surface area contributed by atoms with Crippen LogP contribution in [0.1, 0.15) is 30.8 Å². The summed E-state index contributed by atoms with van der Waals surface area (Å²) < 4.78 is 67.5. The molecular weight excluding hydrogens is 624 g/mol. The van der Waals surface area contributed by atoms with Crippen molar-refractivity contribution in [3.8, 4) is 16.9 Å². The number of hydrogen-bond donors (Lipinski definition) is 0. The summed E-state index contributed by atoms with van der Waals surface area (Å²) >= 11 is 0. The second kappa shape index (κ2) is 9.09. The van der Waals surface area contributed by atoms with Crippen molar-refractivity contribution >= 4 is 0 Å². The minimum Gasteiger partial charge on any atom is -0.297 e. The maximum absolute atomic E-state index is 14.0. The van der Waals surface area contributed by atoms with E-state index in [1.807, 2.05) is 0 Å². The van der Waals surface area contributed by atoms with Crippen molar-refractivity contribution in [2.75, 3.05) is 0 Å². The van der Waals surface area contributed by atoms with Crippen molar-refractivity contribution in [1.29, 1.82) is 0 Å². The molecule has 0 atom stereocenters. The fourth-order valence-corrected chi connectivity index (χ4v) is 3.03. The molecular formula is C22H14F5N5Pt. The van der Waals surface area contributed by atoms with Crippen molar-refractivity contribution in [1.82, 2.24) is 24.7 Å². The first kappa shape index (κ1) is 24.6. The molecule has 172 valence electrons. The number of benzene rings is 1. The third kappa shape index (κ3) is 5.00. The molecule has 4 aromatic rings. The molecule has 0 aliphatic heterocycles. The summed E-state index contributed by atoms with van der Waals surface area (Å²) in [5, 5.41) is 4.39. The van der Waals surface area contributed by atoms with E-state index in [4.69, 9.17) is 0 Å². The van der Waals surface area contributed by atoms with Crippen LogP contribution in [0, 0.1) is 24.0 Å². The van der Waals surface area contributed by atoms with Gasteiger partial charge in [0.15, 0.2) is 0 Å². The van der Waals surface area contributed by atoms with Gasteiger partial charge in [-0.15, -0.1) is 12.1 Å². The summed E-state index contributed by atoms with van der Waals surface area (Å²) in [6.45, 7) is 3.57. The summed E-state index contributed by atoms with van der Waals surface area (Å²) in [5.41, 5.74) is -0.684. The van der Waals surface area contributed by atoms with E-state index in [9.17, 15) is 22.0 Å². The van der Waals surface area contributed by atoms with Gasteiger partial charge in [0.1, 0.15) is 11.9 Å². The number of hydrogen-bond acceptors (Lipinski definition) is 4. The Labute approximate surface area is 200 Å². The Balaban J connectivity index is 0.00000306. The van der Waals surface area contributed by atoms with E-state index in [2.05, 4.69) is 32.2 Å². The minimum atomic E-state index is -4.49. The molecule has 3 aromatic heterocycles. The van der Waals surface area contributed by atoms with Crippen LogP contribution in [0.4, 0.5) is 22.0 Å². The number of pyridine rings is 1. The van der Waals surface area contributed by atoms with Crippen molar-refractivity contribution < 1.29 is 43.0 Å². The zero-order chi connectivity index (χ0) is 23.1. The standard InChI is InChI=1S/C22H14F5N5.Pt/c1-21(2,18-12-28-11-16(29-18)15-6-7-19(23)30-20(15)24)17-8-9-32(31-17)14-5-3-4-13(10-14)22(25,26)27;/h3-4,7-12H,1-2H3;/q-2;+2. The summed E-state index contributed by atoms with van der Waals surface area (Å²) in [4.78, 5) is 11.6. The maximum atomic E-state index is 14.0. The first-order valence-electron chi connectivity index (χ1n) is 9.28. The van der Waals surface area contributed by atoms with E-state index in [1.54, 1.807) is 19.9 Å². The quantitative estimate of drug-likeness (QED) is 0.181. The van der Waals surface area contributed by atoms with Gasteiger partial charge in [0.25, 0.3) is 0 Å². The Morgan fingerprint density at radius 3 is 2.42 bits per heavy atom. The number of alkyl halides is 3. The zero-order valence-electron chi connectivity index (χ0n) is 17.1. The van der Waals surface area contributed by atoms with Gasteiger partial charge < -0.3 is 0 Å². The summed E-state index contributed by atoms with van der Waals surface area (Å²) in [6, 6.07) is 10.8. The van der Waals surface area contributed by atoms with E-state index < -0.39 is 29.1 Å². The van der Waals surface area contributed by atoms with E-state index in [-0.39, 0.29) is 38.0 Å². The molecule has 11 heteroatoms. The molecule has 0 radical (unpaired) electrons. The minimum absolute atomic E-state index is 0. The van der Waals surface area contributed by atoms with E-state index in [0.29, 0.717) is 11.4 Å². The third-order valence-corrected chi connectivity index (χ3v) is 4.87. The monoisotopic (exact) mass is 638 g/mol. The first-order chi connectivity index (χ1) is 15.1. The zero-order valence-corrected chi connectivity index (χ0v) is 19.3. The predicted molar refractivity (Wildman–Crippen MR) is 104 cm³/mol. The molecule has 5 nitrogen and oxygen atoms in total. The molecule has 4 rings (SSSR count). The van der Waals surface area contributed by atoms with Crippen molar-refractivity contribution in [3.05, 3.63) is 89.9 Å². The van der Waals surface area contributed by atoms with Gasteiger partial charge in [-0.2, -0.15) is 36.5 Å². The van der Waals surface area contributed by atoms with E-state index >= 15 is 0 Å². The molecule has 0 N–H and O–H groups in total. The largest absolute Gasteiger partial charge is 2.00 e. The van der Waals surface area contributed by atoms with Gasteiger partial charge >= 0.3 is 27.2 Å². The first-order valence-corrected chi connectivity index (χ1v) is 9.28. The van der Waals surface area contributed by atoms with Crippen molar-refractivity contribution in [3.63, 3.8) is 0 Å². The molecule has 0 saturated carbocycles. The maximum Gasteiger partial charge on any atom is 2.00 e. The Morgan fingerprint density at radius 1 is 0.970 bits per heavy atom. The Kier molecular flexibility index (Phi) is 6.79. The van der Waals surface area contributed by atoms with Gasteiger partial charge in [-0.05, 0) is 25.6 Å². The van der Waals surface area contributed by atoms with Crippen molar-refractivity contribution in [2.45, 2.75) is 25.4 Å². The van der Waals surface area contributed by atoms with Crippen LogP contribution in [0.2, 0.25) is 0 Å². The average Bonchev–Trinajstić information content (AvgIpc) is 3.25. The molecule has 0 aliphatic carbocycles. The SMILES string of the molecule is CC(C)(c1cncc(-c2[c-]cc(F)nc2F)n1)c1ccn(-c2[c-]ccc(C(F)(F)F)c2)n1.[Pt+2]. The second-order valence-corrected chi connectivity index (χ2v) is 7.41. The Morgan fingerprint density at radius 2 is 1.73 bits per heavy atom. The molecule has 0 spiro atoms. The Hall–Kier alpha value is -3.00. The Bertz CT molecular complexity index is 1290. The van der Waals surface area contributed by atoms with Crippen molar-refractivity contribution in [2.24, 2.45) is 0 Å². The van der Waals surface area contributed by atoms with Crippen LogP contribution in [0.3, 0.4) is 0 Å². The molecule has 0 aliphatic rings. The van der Waals surface area contributed by atoms with Gasteiger partial charge in [0.2, 0.25) is 0 Å². The van der Waals surface area contributed by atoms with E-state index in [1.165, 1.54) is 29.3 Å². The fraction of sp³-hybridized carbons (Fsp3) is 0.182. The van der Waals surface area contributed by atoms with Crippen LogP contribution >= 0.6 is 0 Å². The number of rotatable bonds is 4. The van der Waals surface area contributed by atoms with E-state index in [0.717, 1.165) is 18.2 Å². The smallest absolute Gasteiger partial charge is 0.297 e. The normalized spacial score (nSPS) is 11.8. The van der Waals surface area contributed by atoms with Crippen LogP contribution in [0.5, 0.6) is 0 Å². The van der Waals surface area contributed by atoms with Crippen LogP contribution in [0.15, 0.2) is 48.9 Å². The van der Waals surface area contributed by atoms with Gasteiger partial charge in [-0.25, -0.2) is 8.78 Å². The second-order valence-electron chi connectivity index (χ2n) is 7.41. The van der Waals surface area contributed by atoms with Gasteiger partial charge in [-0.1, -0.05) is 17.2 Å². The summed E-state index contributed by atoms with van der Waals surface area (Å²) in [7, 11) is 0. The number of halogens is 5. The molecule has 0 unspecified atom stereocenters. The molecule has 0 saturated heterocycles. The van der Waals surface area contributed by atoms with Crippen LogP contribution in [-0.4, -0.2) is 24.7 Å². The number of aromatic nitrogens is 5. The van der Waals surface area contributed by atoms with Gasteiger partial charge in [-0.3, -0.25) is 19.6 Å². The molecule has 1 aromatic carbocycles. The average molecular weight is 638 g/mol. The molecule has 33 heavy (non-hydrogen) atoms. The molecule has 3 heterocycles. The topological polar surface area (TPSA) is 56.5 Å². The number of nitrogens with zero attached hydrogens (tertiary/aromatic N) is 5. The summed E-state index contributed by atoms with van der Waals surface area (Å²) in [6.07, 6.45) is -0.216. The third-order valence-electron chi connectivity index (χ3n) is 4.87. The van der Waals surface area contributed by atoms with Gasteiger partial charge in [0.05, 0.1) is 16.8 Å². The molecule has 0 amide bonds.